The van der Waals surface area contributed by atoms with E-state index in [0.717, 1.165) is 11.6 Å². The van der Waals surface area contributed by atoms with E-state index in [4.69, 9.17) is 0 Å². The summed E-state index contributed by atoms with van der Waals surface area (Å²) in [6.07, 6.45) is 5.68. The van der Waals surface area contributed by atoms with Crippen molar-refractivity contribution in [3.05, 3.63) is 24.0 Å². The molecule has 0 saturated carbocycles. The SMILES string of the molecule is Cn1cc(/C=C/C(=O)[O-])cn1. The van der Waals surface area contributed by atoms with Crippen molar-refractivity contribution in [1.29, 1.82) is 0 Å². The van der Waals surface area contributed by atoms with Gasteiger partial charge in [-0.05, 0) is 6.08 Å². The first kappa shape index (κ1) is 7.53. The summed E-state index contributed by atoms with van der Waals surface area (Å²) in [6.45, 7) is 0. The van der Waals surface area contributed by atoms with Gasteiger partial charge in [0.15, 0.2) is 0 Å². The molecule has 0 radical (unpaired) electrons. The number of carbonyl (C=O) groups excluding carboxylic acids is 1. The highest BCUT2D eigenvalue weighted by Crippen LogP contribution is 1.97. The van der Waals surface area contributed by atoms with E-state index in [1.807, 2.05) is 0 Å². The van der Waals surface area contributed by atoms with E-state index >= 15 is 0 Å². The first-order valence-corrected chi connectivity index (χ1v) is 3.06. The summed E-state index contributed by atoms with van der Waals surface area (Å²) < 4.78 is 1.59. The van der Waals surface area contributed by atoms with E-state index in [-0.39, 0.29) is 0 Å². The van der Waals surface area contributed by atoms with Crippen LogP contribution in [0.1, 0.15) is 5.56 Å². The van der Waals surface area contributed by atoms with Crippen LogP contribution in [0.15, 0.2) is 18.5 Å². The van der Waals surface area contributed by atoms with Crippen LogP contribution in [0.25, 0.3) is 6.08 Å². The van der Waals surface area contributed by atoms with Crippen LogP contribution in [0.5, 0.6) is 0 Å². The number of carbonyl (C=O) groups is 1. The van der Waals surface area contributed by atoms with Gasteiger partial charge < -0.3 is 9.90 Å². The zero-order valence-electron chi connectivity index (χ0n) is 6.02. The van der Waals surface area contributed by atoms with E-state index < -0.39 is 5.97 Å². The second-order valence-corrected chi connectivity index (χ2v) is 2.10. The molecule has 11 heavy (non-hydrogen) atoms. The maximum Gasteiger partial charge on any atom is 0.0643 e. The Morgan fingerprint density at radius 2 is 2.55 bits per heavy atom. The van der Waals surface area contributed by atoms with Gasteiger partial charge in [-0.2, -0.15) is 5.10 Å². The predicted molar refractivity (Wildman–Crippen MR) is 37.2 cm³/mol. The van der Waals surface area contributed by atoms with Crippen LogP contribution in [0.3, 0.4) is 0 Å². The first-order chi connectivity index (χ1) is 5.18. The van der Waals surface area contributed by atoms with Crippen molar-refractivity contribution in [2.45, 2.75) is 0 Å². The fourth-order valence-electron chi connectivity index (χ4n) is 0.690. The van der Waals surface area contributed by atoms with Gasteiger partial charge in [-0.1, -0.05) is 6.08 Å². The van der Waals surface area contributed by atoms with Gasteiger partial charge in [0.05, 0.1) is 12.2 Å². The number of carboxylic acids is 1. The molecule has 0 fully saturated rings. The Kier molecular flexibility index (Phi) is 2.06. The van der Waals surface area contributed by atoms with Crippen LogP contribution in [0.4, 0.5) is 0 Å². The van der Waals surface area contributed by atoms with Crippen LogP contribution < -0.4 is 5.11 Å². The Morgan fingerprint density at radius 1 is 1.82 bits per heavy atom. The van der Waals surface area contributed by atoms with Crippen molar-refractivity contribution in [2.75, 3.05) is 0 Å². The second-order valence-electron chi connectivity index (χ2n) is 2.10. The predicted octanol–water partition coefficient (Wildman–Crippen LogP) is -0.817. The minimum absolute atomic E-state index is 0.747. The molecule has 0 aliphatic rings. The van der Waals surface area contributed by atoms with Crippen LogP contribution in [0, 0.1) is 0 Å². The fraction of sp³-hybridized carbons (Fsp3) is 0.143. The summed E-state index contributed by atoms with van der Waals surface area (Å²) in [7, 11) is 1.76. The molecule has 58 valence electrons. The minimum atomic E-state index is -1.20. The Hall–Kier alpha value is -1.58. The number of hydrogen-bond acceptors (Lipinski definition) is 3. The van der Waals surface area contributed by atoms with E-state index in [9.17, 15) is 9.90 Å². The summed E-state index contributed by atoms with van der Waals surface area (Å²) in [5.41, 5.74) is 0.747. The number of carboxylic acid groups (broad SMARTS) is 1. The van der Waals surface area contributed by atoms with Crippen molar-refractivity contribution in [1.82, 2.24) is 9.78 Å². The monoisotopic (exact) mass is 151 g/mol. The summed E-state index contributed by atoms with van der Waals surface area (Å²) >= 11 is 0. The normalized spacial score (nSPS) is 10.6. The molecule has 0 aliphatic carbocycles. The lowest BCUT2D eigenvalue weighted by Gasteiger charge is -1.87. The molecule has 0 amide bonds. The molecule has 4 nitrogen and oxygen atoms in total. The van der Waals surface area contributed by atoms with Gasteiger partial charge in [-0.15, -0.1) is 0 Å². The van der Waals surface area contributed by atoms with Crippen LogP contribution >= 0.6 is 0 Å². The third-order valence-corrected chi connectivity index (χ3v) is 1.14. The van der Waals surface area contributed by atoms with Gasteiger partial charge in [0.25, 0.3) is 0 Å². The highest BCUT2D eigenvalue weighted by molar-refractivity contribution is 5.83. The maximum atomic E-state index is 9.95. The number of rotatable bonds is 2. The Balaban J connectivity index is 2.71. The van der Waals surface area contributed by atoms with E-state index in [0.29, 0.717) is 0 Å². The summed E-state index contributed by atoms with van der Waals surface area (Å²) in [5.74, 6) is -1.20. The van der Waals surface area contributed by atoms with Gasteiger partial charge in [0, 0.05) is 18.8 Å². The van der Waals surface area contributed by atoms with Crippen molar-refractivity contribution >= 4 is 12.0 Å². The van der Waals surface area contributed by atoms with Gasteiger partial charge in [-0.25, -0.2) is 0 Å². The molecule has 0 aromatic carbocycles. The van der Waals surface area contributed by atoms with Gasteiger partial charge in [-0.3, -0.25) is 4.68 Å². The van der Waals surface area contributed by atoms with Gasteiger partial charge in [0.1, 0.15) is 0 Å². The first-order valence-electron chi connectivity index (χ1n) is 3.06. The summed E-state index contributed by atoms with van der Waals surface area (Å²) in [4.78, 5) is 9.95. The van der Waals surface area contributed by atoms with Crippen LogP contribution in [-0.2, 0) is 11.8 Å². The van der Waals surface area contributed by atoms with Crippen molar-refractivity contribution in [3.8, 4) is 0 Å². The lowest BCUT2D eigenvalue weighted by Crippen LogP contribution is -2.18. The average molecular weight is 151 g/mol. The van der Waals surface area contributed by atoms with Crippen molar-refractivity contribution in [2.24, 2.45) is 7.05 Å². The molecule has 1 aromatic heterocycles. The molecular weight excluding hydrogens is 144 g/mol. The number of aryl methyl sites for hydroxylation is 1. The molecule has 1 aromatic rings. The van der Waals surface area contributed by atoms with Crippen molar-refractivity contribution in [3.63, 3.8) is 0 Å². The Labute approximate surface area is 63.8 Å². The molecular formula is C7H7N2O2-. The smallest absolute Gasteiger partial charge is 0.0643 e. The second kappa shape index (κ2) is 3.01. The lowest BCUT2D eigenvalue weighted by atomic mass is 10.3. The van der Waals surface area contributed by atoms with Crippen LogP contribution in [-0.4, -0.2) is 15.7 Å². The molecule has 0 N–H and O–H groups in total. The average Bonchev–Trinajstić information content (AvgIpc) is 2.31. The highest BCUT2D eigenvalue weighted by Gasteiger charge is 1.87. The van der Waals surface area contributed by atoms with E-state index in [1.165, 1.54) is 6.08 Å². The Morgan fingerprint density at radius 3 is 3.00 bits per heavy atom. The number of aliphatic carboxylic acids is 1. The molecule has 0 saturated heterocycles. The molecule has 0 aliphatic heterocycles. The zero-order chi connectivity index (χ0) is 8.27. The standard InChI is InChI=1S/C7H8N2O2/c1-9-5-6(4-8-9)2-3-7(10)11/h2-5H,1H3,(H,10,11)/p-1/b3-2+. The highest BCUT2D eigenvalue weighted by atomic mass is 16.4. The third kappa shape index (κ3) is 2.25. The zero-order valence-corrected chi connectivity index (χ0v) is 6.02. The summed E-state index contributed by atoms with van der Waals surface area (Å²) in [5, 5.41) is 13.8. The third-order valence-electron chi connectivity index (χ3n) is 1.14. The number of nitrogens with zero attached hydrogens (tertiary/aromatic N) is 2. The molecule has 1 rings (SSSR count). The molecule has 0 spiro atoms. The van der Waals surface area contributed by atoms with E-state index in [2.05, 4.69) is 5.10 Å². The van der Waals surface area contributed by atoms with Gasteiger partial charge >= 0.3 is 0 Å². The molecule has 0 unspecified atom stereocenters. The summed E-state index contributed by atoms with van der Waals surface area (Å²) in [6, 6.07) is 0. The number of aromatic nitrogens is 2. The Bertz CT molecular complexity index is 288. The molecule has 0 bridgehead atoms. The fourth-order valence-corrected chi connectivity index (χ4v) is 0.690. The molecule has 1 heterocycles. The quantitative estimate of drug-likeness (QED) is 0.519. The molecule has 0 atom stereocenters. The topological polar surface area (TPSA) is 58.0 Å². The van der Waals surface area contributed by atoms with Crippen molar-refractivity contribution < 1.29 is 9.90 Å². The van der Waals surface area contributed by atoms with Gasteiger partial charge in [0.2, 0.25) is 0 Å². The van der Waals surface area contributed by atoms with E-state index in [1.54, 1.807) is 24.1 Å². The molecule has 4 heteroatoms. The lowest BCUT2D eigenvalue weighted by molar-refractivity contribution is -0.297. The maximum absolute atomic E-state index is 9.95. The van der Waals surface area contributed by atoms with Crippen LogP contribution in [0.2, 0.25) is 0 Å². The minimum Gasteiger partial charge on any atom is -0.545 e. The number of hydrogen-bond donors (Lipinski definition) is 0. The largest absolute Gasteiger partial charge is 0.545 e.